The van der Waals surface area contributed by atoms with Crippen molar-refractivity contribution in [3.63, 3.8) is 0 Å². The van der Waals surface area contributed by atoms with E-state index in [1.54, 1.807) is 6.07 Å². The number of carbonyl (C=O) groups excluding carboxylic acids is 2. The van der Waals surface area contributed by atoms with Gasteiger partial charge in [0.15, 0.2) is 0 Å². The highest BCUT2D eigenvalue weighted by molar-refractivity contribution is 6.42. The summed E-state index contributed by atoms with van der Waals surface area (Å²) >= 11 is 23.2. The molecular formula is C16H11Cl4FN2O2. The number of halogens is 5. The highest BCUT2D eigenvalue weighted by Crippen LogP contribution is 2.26. The highest BCUT2D eigenvalue weighted by atomic mass is 35.5. The van der Waals surface area contributed by atoms with Gasteiger partial charge in [-0.05, 0) is 30.3 Å². The molecule has 132 valence electrons. The molecule has 2 aromatic rings. The molecule has 1 N–H and O–H groups in total. The van der Waals surface area contributed by atoms with Crippen LogP contribution >= 0.6 is 46.4 Å². The van der Waals surface area contributed by atoms with Gasteiger partial charge in [-0.15, -0.1) is 0 Å². The smallest absolute Gasteiger partial charge is 0.255 e. The maximum Gasteiger partial charge on any atom is 0.255 e. The Kier molecular flexibility index (Phi) is 6.52. The van der Waals surface area contributed by atoms with Crippen molar-refractivity contribution in [1.29, 1.82) is 0 Å². The van der Waals surface area contributed by atoms with E-state index in [1.165, 1.54) is 19.2 Å². The normalized spacial score (nSPS) is 10.5. The maximum atomic E-state index is 13.5. The number of nitrogens with zero attached hydrogens (tertiary/aromatic N) is 1. The SMILES string of the molecule is CN(CC(=O)Nc1ccc(Cl)c(Cl)c1)C(=O)c1cc(F)c(Cl)cc1Cl. The average Bonchev–Trinajstić information content (AvgIpc) is 2.53. The first-order chi connectivity index (χ1) is 11.7. The number of anilines is 1. The number of amides is 2. The third kappa shape index (κ3) is 4.98. The topological polar surface area (TPSA) is 49.4 Å². The molecule has 2 rings (SSSR count). The minimum absolute atomic E-state index is 0.00635. The molecule has 0 atom stereocenters. The maximum absolute atomic E-state index is 13.5. The molecule has 0 aromatic heterocycles. The van der Waals surface area contributed by atoms with Gasteiger partial charge in [-0.1, -0.05) is 46.4 Å². The summed E-state index contributed by atoms with van der Waals surface area (Å²) in [5.41, 5.74) is 0.337. The van der Waals surface area contributed by atoms with Crippen LogP contribution in [0.25, 0.3) is 0 Å². The van der Waals surface area contributed by atoms with Crippen molar-refractivity contribution in [2.24, 2.45) is 0 Å². The van der Waals surface area contributed by atoms with E-state index in [1.807, 2.05) is 0 Å². The van der Waals surface area contributed by atoms with E-state index in [9.17, 15) is 14.0 Å². The Hall–Kier alpha value is -1.53. The molecule has 25 heavy (non-hydrogen) atoms. The predicted molar refractivity (Wildman–Crippen MR) is 98.5 cm³/mol. The summed E-state index contributed by atoms with van der Waals surface area (Å²) in [5.74, 6) is -1.87. The summed E-state index contributed by atoms with van der Waals surface area (Å²) in [7, 11) is 1.39. The Morgan fingerprint density at radius 2 is 1.68 bits per heavy atom. The molecular weight excluding hydrogens is 413 g/mol. The van der Waals surface area contributed by atoms with Crippen LogP contribution in [0.5, 0.6) is 0 Å². The fourth-order valence-corrected chi connectivity index (χ4v) is 2.72. The molecule has 0 aliphatic heterocycles. The lowest BCUT2D eigenvalue weighted by Gasteiger charge is -2.18. The molecule has 0 bridgehead atoms. The number of hydrogen-bond donors (Lipinski definition) is 1. The van der Waals surface area contributed by atoms with Gasteiger partial charge in [0.25, 0.3) is 5.91 Å². The van der Waals surface area contributed by atoms with E-state index in [0.717, 1.165) is 17.0 Å². The van der Waals surface area contributed by atoms with Crippen LogP contribution in [0.3, 0.4) is 0 Å². The lowest BCUT2D eigenvalue weighted by Crippen LogP contribution is -2.35. The van der Waals surface area contributed by atoms with Crippen molar-refractivity contribution < 1.29 is 14.0 Å². The van der Waals surface area contributed by atoms with Crippen LogP contribution in [0.4, 0.5) is 10.1 Å². The molecule has 0 heterocycles. The van der Waals surface area contributed by atoms with Gasteiger partial charge >= 0.3 is 0 Å². The Morgan fingerprint density at radius 1 is 1.00 bits per heavy atom. The summed E-state index contributed by atoms with van der Waals surface area (Å²) in [6.07, 6.45) is 0. The summed E-state index contributed by atoms with van der Waals surface area (Å²) in [6, 6.07) is 6.65. The monoisotopic (exact) mass is 422 g/mol. The zero-order valence-corrected chi connectivity index (χ0v) is 15.8. The molecule has 4 nitrogen and oxygen atoms in total. The summed E-state index contributed by atoms with van der Waals surface area (Å²) in [5, 5.41) is 3.02. The average molecular weight is 424 g/mol. The molecule has 0 saturated heterocycles. The first-order valence-corrected chi connectivity index (χ1v) is 8.35. The number of likely N-dealkylation sites (N-methyl/N-ethyl adjacent to an activating group) is 1. The second-order valence-electron chi connectivity index (χ2n) is 5.08. The zero-order chi connectivity index (χ0) is 18.7. The van der Waals surface area contributed by atoms with Crippen molar-refractivity contribution >= 4 is 63.9 Å². The van der Waals surface area contributed by atoms with E-state index in [4.69, 9.17) is 46.4 Å². The lowest BCUT2D eigenvalue weighted by atomic mass is 10.2. The van der Waals surface area contributed by atoms with E-state index in [2.05, 4.69) is 5.32 Å². The van der Waals surface area contributed by atoms with Crippen LogP contribution in [0.1, 0.15) is 10.4 Å². The Labute approximate surface area is 163 Å². The van der Waals surface area contributed by atoms with Crippen LogP contribution in [-0.4, -0.2) is 30.3 Å². The highest BCUT2D eigenvalue weighted by Gasteiger charge is 2.20. The van der Waals surface area contributed by atoms with Gasteiger partial charge in [-0.25, -0.2) is 4.39 Å². The van der Waals surface area contributed by atoms with E-state index in [-0.39, 0.29) is 27.2 Å². The molecule has 2 aromatic carbocycles. The molecule has 0 radical (unpaired) electrons. The number of benzene rings is 2. The summed E-state index contributed by atoms with van der Waals surface area (Å²) in [4.78, 5) is 25.5. The van der Waals surface area contributed by atoms with Crippen molar-refractivity contribution in [2.45, 2.75) is 0 Å². The quantitative estimate of drug-likeness (QED) is 0.691. The second-order valence-corrected chi connectivity index (χ2v) is 6.71. The minimum atomic E-state index is -0.775. The number of hydrogen-bond acceptors (Lipinski definition) is 2. The predicted octanol–water partition coefficient (Wildman–Crippen LogP) is 5.15. The van der Waals surface area contributed by atoms with Gasteiger partial charge in [-0.2, -0.15) is 0 Å². The van der Waals surface area contributed by atoms with E-state index >= 15 is 0 Å². The van der Waals surface area contributed by atoms with Crippen LogP contribution in [0.15, 0.2) is 30.3 Å². The van der Waals surface area contributed by atoms with Crippen LogP contribution in [0, 0.1) is 5.82 Å². The summed E-state index contributed by atoms with van der Waals surface area (Å²) < 4.78 is 13.5. The molecule has 0 fully saturated rings. The van der Waals surface area contributed by atoms with Crippen LogP contribution < -0.4 is 5.32 Å². The van der Waals surface area contributed by atoms with Crippen molar-refractivity contribution in [1.82, 2.24) is 4.90 Å². The third-order valence-corrected chi connectivity index (χ3v) is 4.51. The standard InChI is InChI=1S/C16H11Cl4FN2O2/c1-23(16(25)9-5-14(21)13(20)6-11(9)18)7-15(24)22-8-2-3-10(17)12(19)4-8/h2-6H,7H2,1H3,(H,22,24). The molecule has 0 unspecified atom stereocenters. The van der Waals surface area contributed by atoms with Gasteiger partial charge < -0.3 is 10.2 Å². The zero-order valence-electron chi connectivity index (χ0n) is 12.7. The van der Waals surface area contributed by atoms with Gasteiger partial charge in [0.05, 0.1) is 32.2 Å². The molecule has 2 amide bonds. The lowest BCUT2D eigenvalue weighted by molar-refractivity contribution is -0.116. The number of nitrogens with one attached hydrogen (secondary N) is 1. The second kappa shape index (κ2) is 8.23. The molecule has 0 saturated carbocycles. The van der Waals surface area contributed by atoms with E-state index < -0.39 is 17.6 Å². The molecule has 9 heteroatoms. The van der Waals surface area contributed by atoms with Crippen molar-refractivity contribution in [3.8, 4) is 0 Å². The molecule has 0 spiro atoms. The fourth-order valence-electron chi connectivity index (χ4n) is 1.95. The van der Waals surface area contributed by atoms with Crippen molar-refractivity contribution in [3.05, 3.63) is 61.8 Å². The van der Waals surface area contributed by atoms with Gasteiger partial charge in [-0.3, -0.25) is 9.59 Å². The number of rotatable bonds is 4. The minimum Gasteiger partial charge on any atom is -0.332 e. The summed E-state index contributed by atoms with van der Waals surface area (Å²) in [6.45, 7) is -0.278. The first-order valence-electron chi connectivity index (χ1n) is 6.84. The number of carbonyl (C=O) groups is 2. The third-order valence-electron chi connectivity index (χ3n) is 3.17. The molecule has 0 aliphatic rings. The van der Waals surface area contributed by atoms with Crippen LogP contribution in [-0.2, 0) is 4.79 Å². The Morgan fingerprint density at radius 3 is 2.32 bits per heavy atom. The van der Waals surface area contributed by atoms with Crippen LogP contribution in [0.2, 0.25) is 20.1 Å². The van der Waals surface area contributed by atoms with E-state index in [0.29, 0.717) is 10.7 Å². The first kappa shape index (κ1) is 19.8. The Bertz CT molecular complexity index is 845. The Balaban J connectivity index is 2.06. The van der Waals surface area contributed by atoms with Gasteiger partial charge in [0.1, 0.15) is 5.82 Å². The fraction of sp³-hybridized carbons (Fsp3) is 0.125. The van der Waals surface area contributed by atoms with Gasteiger partial charge in [0.2, 0.25) is 5.91 Å². The van der Waals surface area contributed by atoms with Gasteiger partial charge in [0, 0.05) is 12.7 Å². The molecule has 0 aliphatic carbocycles. The van der Waals surface area contributed by atoms with Crippen molar-refractivity contribution in [2.75, 3.05) is 18.9 Å². The largest absolute Gasteiger partial charge is 0.332 e.